The van der Waals surface area contributed by atoms with Gasteiger partial charge in [-0.15, -0.1) is 0 Å². The Morgan fingerprint density at radius 2 is 2.18 bits per heavy atom. The Morgan fingerprint density at radius 3 is 2.91 bits per heavy atom. The maximum atomic E-state index is 12.6. The van der Waals surface area contributed by atoms with Crippen molar-refractivity contribution in [3.63, 3.8) is 0 Å². The van der Waals surface area contributed by atoms with Crippen LogP contribution < -0.4 is 5.32 Å². The van der Waals surface area contributed by atoms with Gasteiger partial charge in [-0.3, -0.25) is 4.79 Å². The Kier molecular flexibility index (Phi) is 4.21. The molecule has 4 nitrogen and oxygen atoms in total. The van der Waals surface area contributed by atoms with Crippen molar-refractivity contribution in [1.29, 1.82) is 0 Å². The van der Waals surface area contributed by atoms with Crippen LogP contribution in [-0.2, 0) is 11.2 Å². The lowest BCUT2D eigenvalue weighted by atomic mass is 9.96. The minimum absolute atomic E-state index is 0.104. The third-order valence-electron chi connectivity index (χ3n) is 4.46. The number of H-pyrrole nitrogens is 1. The normalized spacial score (nSPS) is 18.0. The van der Waals surface area contributed by atoms with E-state index < -0.39 is 0 Å². The van der Waals surface area contributed by atoms with E-state index in [0.717, 1.165) is 19.5 Å². The summed E-state index contributed by atoms with van der Waals surface area (Å²) in [5, 5.41) is 4.55. The van der Waals surface area contributed by atoms with E-state index >= 15 is 0 Å². The van der Waals surface area contributed by atoms with Crippen LogP contribution in [0.3, 0.4) is 0 Å². The summed E-state index contributed by atoms with van der Waals surface area (Å²) in [6.07, 6.45) is 1.55. The van der Waals surface area contributed by atoms with Crippen LogP contribution in [0.2, 0.25) is 0 Å². The van der Waals surface area contributed by atoms with E-state index in [1.807, 2.05) is 11.9 Å². The molecule has 0 saturated heterocycles. The molecule has 4 heteroatoms. The number of aromatic amines is 1. The van der Waals surface area contributed by atoms with E-state index in [1.54, 1.807) is 0 Å². The van der Waals surface area contributed by atoms with Crippen LogP contribution in [-0.4, -0.2) is 35.9 Å². The van der Waals surface area contributed by atoms with Crippen molar-refractivity contribution in [1.82, 2.24) is 15.2 Å². The number of amides is 1. The number of nitrogens with one attached hydrogen (secondary N) is 2. The molecule has 0 spiro atoms. The highest BCUT2D eigenvalue weighted by Crippen LogP contribution is 2.34. The quantitative estimate of drug-likeness (QED) is 0.912. The third-order valence-corrected chi connectivity index (χ3v) is 4.46. The van der Waals surface area contributed by atoms with Crippen molar-refractivity contribution in [3.05, 3.63) is 35.5 Å². The number of hydrogen-bond donors (Lipinski definition) is 2. The number of rotatable bonds is 4. The van der Waals surface area contributed by atoms with Crippen LogP contribution in [0.15, 0.2) is 24.3 Å². The van der Waals surface area contributed by atoms with Gasteiger partial charge >= 0.3 is 0 Å². The molecule has 2 heterocycles. The summed E-state index contributed by atoms with van der Waals surface area (Å²) in [6, 6.07) is 8.53. The minimum atomic E-state index is 0.104. The summed E-state index contributed by atoms with van der Waals surface area (Å²) < 4.78 is 0. The predicted molar refractivity (Wildman–Crippen MR) is 89.8 cm³/mol. The first-order valence-corrected chi connectivity index (χ1v) is 8.15. The number of fused-ring (bicyclic) bond motifs is 3. The molecule has 0 fully saturated rings. The fourth-order valence-electron chi connectivity index (χ4n) is 3.49. The molecule has 3 rings (SSSR count). The van der Waals surface area contributed by atoms with Gasteiger partial charge in [0.15, 0.2) is 0 Å². The summed E-state index contributed by atoms with van der Waals surface area (Å²) in [6.45, 7) is 5.79. The first kappa shape index (κ1) is 15.1. The second-order valence-electron chi connectivity index (χ2n) is 6.57. The topological polar surface area (TPSA) is 48.1 Å². The zero-order chi connectivity index (χ0) is 15.7. The highest BCUT2D eigenvalue weighted by atomic mass is 16.2. The molecular weight excluding hydrogens is 274 g/mol. The highest BCUT2D eigenvalue weighted by molar-refractivity contribution is 5.86. The molecule has 1 amide bonds. The number of benzene rings is 1. The van der Waals surface area contributed by atoms with Gasteiger partial charge in [0.25, 0.3) is 0 Å². The lowest BCUT2D eigenvalue weighted by Gasteiger charge is -2.36. The van der Waals surface area contributed by atoms with Gasteiger partial charge in [0.05, 0.1) is 6.04 Å². The maximum absolute atomic E-state index is 12.6. The van der Waals surface area contributed by atoms with E-state index in [-0.39, 0.29) is 11.9 Å². The van der Waals surface area contributed by atoms with E-state index in [0.29, 0.717) is 12.3 Å². The monoisotopic (exact) mass is 299 g/mol. The smallest absolute Gasteiger partial charge is 0.223 e. The molecule has 0 radical (unpaired) electrons. The molecule has 0 saturated carbocycles. The molecule has 1 aromatic carbocycles. The molecule has 1 aliphatic heterocycles. The van der Waals surface area contributed by atoms with Crippen LogP contribution in [0.4, 0.5) is 0 Å². The molecular formula is C18H25N3O. The van der Waals surface area contributed by atoms with Crippen molar-refractivity contribution >= 4 is 16.8 Å². The van der Waals surface area contributed by atoms with Gasteiger partial charge in [-0.2, -0.15) is 0 Å². The van der Waals surface area contributed by atoms with Crippen molar-refractivity contribution < 1.29 is 4.79 Å². The van der Waals surface area contributed by atoms with Crippen molar-refractivity contribution in [2.24, 2.45) is 5.92 Å². The number of hydrogen-bond acceptors (Lipinski definition) is 2. The standard InChI is InChI=1S/C18H25N3O/c1-12(2)10-17(22)21-9-8-14-13-6-4-5-7-15(13)20-18(14)16(21)11-19-3/h4-7,12,16,19-20H,8-11H2,1-3H3. The number of likely N-dealkylation sites (N-methyl/N-ethyl adjacent to an activating group) is 1. The first-order valence-electron chi connectivity index (χ1n) is 8.15. The van der Waals surface area contributed by atoms with Gasteiger partial charge in [-0.1, -0.05) is 32.0 Å². The number of nitrogens with zero attached hydrogens (tertiary/aromatic N) is 1. The number of aromatic nitrogens is 1. The Labute approximate surface area is 131 Å². The van der Waals surface area contributed by atoms with Gasteiger partial charge in [0.1, 0.15) is 0 Å². The predicted octanol–water partition coefficient (Wildman–Crippen LogP) is 2.86. The number of carbonyl (C=O) groups is 1. The van der Waals surface area contributed by atoms with Gasteiger partial charge in [0.2, 0.25) is 5.91 Å². The first-order chi connectivity index (χ1) is 10.6. The lowest BCUT2D eigenvalue weighted by Crippen LogP contribution is -2.44. The van der Waals surface area contributed by atoms with Gasteiger partial charge in [-0.25, -0.2) is 0 Å². The Morgan fingerprint density at radius 1 is 1.41 bits per heavy atom. The minimum Gasteiger partial charge on any atom is -0.356 e. The average Bonchev–Trinajstić information content (AvgIpc) is 2.86. The summed E-state index contributed by atoms with van der Waals surface area (Å²) in [5.74, 6) is 0.659. The van der Waals surface area contributed by atoms with Crippen molar-refractivity contribution in [3.8, 4) is 0 Å². The third kappa shape index (κ3) is 2.63. The van der Waals surface area contributed by atoms with Crippen LogP contribution in [0.25, 0.3) is 10.9 Å². The summed E-state index contributed by atoms with van der Waals surface area (Å²) in [7, 11) is 1.95. The molecule has 22 heavy (non-hydrogen) atoms. The molecule has 1 atom stereocenters. The Bertz CT molecular complexity index is 674. The summed E-state index contributed by atoms with van der Waals surface area (Å²) >= 11 is 0. The average molecular weight is 299 g/mol. The van der Waals surface area contributed by atoms with Gasteiger partial charge in [0, 0.05) is 36.1 Å². The molecule has 2 aromatic rings. The SMILES string of the molecule is CNCC1c2[nH]c3ccccc3c2CCN1C(=O)CC(C)C. The van der Waals surface area contributed by atoms with Crippen LogP contribution >= 0.6 is 0 Å². The molecule has 1 aliphatic rings. The number of para-hydroxylation sites is 1. The highest BCUT2D eigenvalue weighted by Gasteiger charge is 2.32. The zero-order valence-electron chi connectivity index (χ0n) is 13.6. The van der Waals surface area contributed by atoms with Gasteiger partial charge in [-0.05, 0) is 31.0 Å². The summed E-state index contributed by atoms with van der Waals surface area (Å²) in [5.41, 5.74) is 3.76. The Balaban J connectivity index is 1.99. The van der Waals surface area contributed by atoms with E-state index in [1.165, 1.54) is 22.2 Å². The molecule has 1 aromatic heterocycles. The molecule has 118 valence electrons. The van der Waals surface area contributed by atoms with E-state index in [2.05, 4.69) is 48.4 Å². The summed E-state index contributed by atoms with van der Waals surface area (Å²) in [4.78, 5) is 18.2. The second-order valence-corrected chi connectivity index (χ2v) is 6.57. The van der Waals surface area contributed by atoms with Crippen molar-refractivity contribution in [2.45, 2.75) is 32.7 Å². The molecule has 2 N–H and O–H groups in total. The Hall–Kier alpha value is -1.81. The maximum Gasteiger partial charge on any atom is 0.223 e. The lowest BCUT2D eigenvalue weighted by molar-refractivity contribution is -0.134. The van der Waals surface area contributed by atoms with E-state index in [4.69, 9.17) is 0 Å². The van der Waals surface area contributed by atoms with Crippen LogP contribution in [0, 0.1) is 5.92 Å². The zero-order valence-corrected chi connectivity index (χ0v) is 13.6. The fourth-order valence-corrected chi connectivity index (χ4v) is 3.49. The fraction of sp³-hybridized carbons (Fsp3) is 0.500. The van der Waals surface area contributed by atoms with E-state index in [9.17, 15) is 4.79 Å². The molecule has 0 aliphatic carbocycles. The van der Waals surface area contributed by atoms with Crippen molar-refractivity contribution in [2.75, 3.05) is 20.1 Å². The van der Waals surface area contributed by atoms with Crippen LogP contribution in [0.1, 0.15) is 37.6 Å². The van der Waals surface area contributed by atoms with Gasteiger partial charge < -0.3 is 15.2 Å². The van der Waals surface area contributed by atoms with Crippen LogP contribution in [0.5, 0.6) is 0 Å². The largest absolute Gasteiger partial charge is 0.356 e. The second kappa shape index (κ2) is 6.13. The molecule has 0 bridgehead atoms. The number of carbonyl (C=O) groups excluding carboxylic acids is 1. The molecule has 1 unspecified atom stereocenters.